The second-order valence-corrected chi connectivity index (χ2v) is 5.27. The summed E-state index contributed by atoms with van der Waals surface area (Å²) < 4.78 is 0. The third-order valence-corrected chi connectivity index (χ3v) is 4.89. The zero-order chi connectivity index (χ0) is 11.8. The fourth-order valence-electron chi connectivity index (χ4n) is 1.18. The molecule has 0 saturated heterocycles. The van der Waals surface area contributed by atoms with Crippen molar-refractivity contribution in [3.63, 3.8) is 0 Å². The molecule has 0 rings (SSSR count). The highest BCUT2D eigenvalue weighted by molar-refractivity contribution is 8.06. The Hall–Kier alpha value is 0.410. The summed E-state index contributed by atoms with van der Waals surface area (Å²) in [5, 5.41) is 1.93. The van der Waals surface area contributed by atoms with Crippen LogP contribution in [0.25, 0.3) is 0 Å². The van der Waals surface area contributed by atoms with Crippen LogP contribution in [0.2, 0.25) is 0 Å². The summed E-state index contributed by atoms with van der Waals surface area (Å²) >= 11 is 14.1. The quantitative estimate of drug-likeness (QED) is 0.547. The van der Waals surface area contributed by atoms with Crippen LogP contribution >= 0.6 is 35.0 Å². The van der Waals surface area contributed by atoms with Crippen molar-refractivity contribution >= 4 is 35.0 Å². The fraction of sp³-hybridized carbons (Fsp3) is 0.667. The van der Waals surface area contributed by atoms with Crippen LogP contribution in [0.1, 0.15) is 53.4 Å². The zero-order valence-corrected chi connectivity index (χ0v) is 12.3. The van der Waals surface area contributed by atoms with E-state index in [2.05, 4.69) is 27.7 Å². The fourth-order valence-corrected chi connectivity index (χ4v) is 2.78. The van der Waals surface area contributed by atoms with Gasteiger partial charge in [0.2, 0.25) is 0 Å². The summed E-state index contributed by atoms with van der Waals surface area (Å²) in [6, 6.07) is 0. The predicted octanol–water partition coefficient (Wildman–Crippen LogP) is 6.26. The Morgan fingerprint density at radius 1 is 0.733 bits per heavy atom. The molecule has 0 amide bonds. The van der Waals surface area contributed by atoms with Crippen LogP contribution in [0, 0.1) is 0 Å². The van der Waals surface area contributed by atoms with Crippen molar-refractivity contribution in [3.8, 4) is 0 Å². The van der Waals surface area contributed by atoms with Crippen molar-refractivity contribution in [1.29, 1.82) is 0 Å². The van der Waals surface area contributed by atoms with E-state index in [-0.39, 0.29) is 0 Å². The molecule has 0 aromatic carbocycles. The van der Waals surface area contributed by atoms with Crippen LogP contribution in [0.5, 0.6) is 0 Å². The normalized spacial score (nSPS) is 14.8. The average molecular weight is 267 g/mol. The van der Waals surface area contributed by atoms with Crippen LogP contribution in [0.3, 0.4) is 0 Å². The Morgan fingerprint density at radius 3 is 1.27 bits per heavy atom. The average Bonchev–Trinajstić information content (AvgIpc) is 2.28. The lowest BCUT2D eigenvalue weighted by atomic mass is 10.3. The lowest BCUT2D eigenvalue weighted by Crippen LogP contribution is -1.85. The van der Waals surface area contributed by atoms with Crippen LogP contribution in [0.4, 0.5) is 0 Å². The molecule has 0 unspecified atom stereocenters. The number of halogens is 2. The van der Waals surface area contributed by atoms with E-state index in [1.54, 1.807) is 11.8 Å². The molecular formula is C12H20Cl2S. The molecule has 88 valence electrons. The molecule has 0 fully saturated rings. The third-order valence-electron chi connectivity index (χ3n) is 2.11. The molecular weight excluding hydrogens is 247 g/mol. The third kappa shape index (κ3) is 5.33. The van der Waals surface area contributed by atoms with Crippen LogP contribution < -0.4 is 0 Å². The molecule has 0 atom stereocenters. The number of hydrogen-bond donors (Lipinski definition) is 0. The predicted molar refractivity (Wildman–Crippen MR) is 74.5 cm³/mol. The van der Waals surface area contributed by atoms with Gasteiger partial charge in [0.05, 0.1) is 0 Å². The van der Waals surface area contributed by atoms with Crippen molar-refractivity contribution in [2.75, 3.05) is 0 Å². The molecule has 3 heteroatoms. The molecule has 0 N–H and O–H groups in total. The van der Waals surface area contributed by atoms with Gasteiger partial charge in [-0.25, -0.2) is 0 Å². The van der Waals surface area contributed by atoms with Crippen LogP contribution in [0.15, 0.2) is 19.9 Å². The monoisotopic (exact) mass is 266 g/mol. The van der Waals surface area contributed by atoms with E-state index in [0.717, 1.165) is 35.7 Å². The molecule has 0 bridgehead atoms. The van der Waals surface area contributed by atoms with Gasteiger partial charge in [-0.2, -0.15) is 0 Å². The number of thioether (sulfide) groups is 1. The van der Waals surface area contributed by atoms with Gasteiger partial charge in [0.25, 0.3) is 0 Å². The highest BCUT2D eigenvalue weighted by Crippen LogP contribution is 2.37. The second kappa shape index (κ2) is 8.55. The summed E-state index contributed by atoms with van der Waals surface area (Å²) in [4.78, 5) is 2.50. The maximum Gasteiger partial charge on any atom is 0.0276 e. The maximum atomic E-state index is 6.17. The minimum atomic E-state index is 0.901. The molecule has 0 aromatic rings. The highest BCUT2D eigenvalue weighted by atomic mass is 35.5. The maximum absolute atomic E-state index is 6.17. The second-order valence-electron chi connectivity index (χ2n) is 3.17. The van der Waals surface area contributed by atoms with E-state index < -0.39 is 0 Å². The number of rotatable bonds is 6. The molecule has 0 heterocycles. The topological polar surface area (TPSA) is 0 Å². The van der Waals surface area contributed by atoms with Gasteiger partial charge < -0.3 is 0 Å². The van der Waals surface area contributed by atoms with Crippen molar-refractivity contribution < 1.29 is 0 Å². The van der Waals surface area contributed by atoms with Crippen molar-refractivity contribution in [2.45, 2.75) is 53.4 Å². The lowest BCUT2D eigenvalue weighted by molar-refractivity contribution is 1.10. The van der Waals surface area contributed by atoms with Crippen molar-refractivity contribution in [1.82, 2.24) is 0 Å². The Labute approximate surface area is 108 Å². The minimum Gasteiger partial charge on any atom is -0.0966 e. The largest absolute Gasteiger partial charge is 0.0966 e. The summed E-state index contributed by atoms with van der Waals surface area (Å²) in [7, 11) is 0. The van der Waals surface area contributed by atoms with Gasteiger partial charge in [-0.15, -0.1) is 0 Å². The Morgan fingerprint density at radius 2 is 1.07 bits per heavy atom. The van der Waals surface area contributed by atoms with E-state index in [1.807, 2.05) is 0 Å². The van der Waals surface area contributed by atoms with Gasteiger partial charge in [-0.05, 0) is 25.7 Å². The lowest BCUT2D eigenvalue weighted by Gasteiger charge is -2.11. The number of hydrogen-bond acceptors (Lipinski definition) is 1. The van der Waals surface area contributed by atoms with Gasteiger partial charge >= 0.3 is 0 Å². The Balaban J connectivity index is 4.82. The summed E-state index contributed by atoms with van der Waals surface area (Å²) in [5.74, 6) is 0. The standard InChI is InChI=1S/C12H20Cl2S/c1-5-9(13)11(7-3)15-12(8-4)10(14)6-2/h5-8H2,1-4H3. The SMILES string of the molecule is CCC(Cl)=C(CC)SC(CC)=C(Cl)CC. The minimum absolute atomic E-state index is 0.901. The molecule has 0 aromatic heterocycles. The molecule has 0 radical (unpaired) electrons. The van der Waals surface area contributed by atoms with Gasteiger partial charge in [0.15, 0.2) is 0 Å². The van der Waals surface area contributed by atoms with E-state index in [9.17, 15) is 0 Å². The number of allylic oxidation sites excluding steroid dienone is 4. The molecule has 0 nitrogen and oxygen atoms in total. The van der Waals surface area contributed by atoms with Crippen molar-refractivity contribution in [3.05, 3.63) is 19.9 Å². The first-order valence-corrected chi connectivity index (χ1v) is 7.10. The first kappa shape index (κ1) is 15.4. The highest BCUT2D eigenvalue weighted by Gasteiger charge is 2.08. The summed E-state index contributed by atoms with van der Waals surface area (Å²) in [6.07, 6.45) is 3.76. The van der Waals surface area contributed by atoms with E-state index >= 15 is 0 Å². The first-order chi connectivity index (χ1) is 7.10. The smallest absolute Gasteiger partial charge is 0.0276 e. The Bertz CT molecular complexity index is 228. The molecule has 0 aliphatic heterocycles. The van der Waals surface area contributed by atoms with E-state index in [1.165, 1.54) is 9.81 Å². The molecule has 15 heavy (non-hydrogen) atoms. The molecule has 0 spiro atoms. The van der Waals surface area contributed by atoms with Gasteiger partial charge in [-0.1, -0.05) is 62.7 Å². The Kier molecular flexibility index (Phi) is 8.78. The van der Waals surface area contributed by atoms with Gasteiger partial charge in [0.1, 0.15) is 0 Å². The van der Waals surface area contributed by atoms with E-state index in [0.29, 0.717) is 0 Å². The van der Waals surface area contributed by atoms with Gasteiger partial charge in [-0.3, -0.25) is 0 Å². The zero-order valence-electron chi connectivity index (χ0n) is 9.99. The molecule has 0 aliphatic rings. The molecule has 0 saturated carbocycles. The summed E-state index contributed by atoms with van der Waals surface area (Å²) in [6.45, 7) is 8.42. The van der Waals surface area contributed by atoms with E-state index in [4.69, 9.17) is 23.2 Å². The summed E-state index contributed by atoms with van der Waals surface area (Å²) in [5.41, 5.74) is 0. The van der Waals surface area contributed by atoms with Crippen molar-refractivity contribution in [2.24, 2.45) is 0 Å². The van der Waals surface area contributed by atoms with Crippen LogP contribution in [-0.4, -0.2) is 0 Å². The first-order valence-electron chi connectivity index (χ1n) is 5.53. The van der Waals surface area contributed by atoms with Gasteiger partial charge in [0, 0.05) is 19.9 Å². The molecule has 0 aliphatic carbocycles. The van der Waals surface area contributed by atoms with Crippen LogP contribution in [-0.2, 0) is 0 Å².